The molecular weight excluding hydrogens is 324 g/mol. The highest BCUT2D eigenvalue weighted by molar-refractivity contribution is 9.10. The monoisotopic (exact) mass is 330 g/mol. The number of benzene rings is 1. The van der Waals surface area contributed by atoms with Gasteiger partial charge in [0.05, 0.1) is 16.8 Å². The lowest BCUT2D eigenvalue weighted by Gasteiger charge is -2.02. The van der Waals surface area contributed by atoms with E-state index in [4.69, 9.17) is 0 Å². The quantitative estimate of drug-likeness (QED) is 0.531. The second-order valence-corrected chi connectivity index (χ2v) is 4.97. The van der Waals surface area contributed by atoms with Crippen molar-refractivity contribution in [1.82, 2.24) is 15.0 Å². The molecule has 0 spiro atoms. The second-order valence-electron chi connectivity index (χ2n) is 4.06. The molecule has 0 aliphatic heterocycles. The highest BCUT2D eigenvalue weighted by atomic mass is 79.9. The Bertz CT molecular complexity index is 805. The van der Waals surface area contributed by atoms with Gasteiger partial charge in [0.2, 0.25) is 0 Å². The van der Waals surface area contributed by atoms with Crippen molar-refractivity contribution in [2.75, 3.05) is 0 Å². The van der Waals surface area contributed by atoms with Crippen LogP contribution in [-0.4, -0.2) is 19.9 Å². The van der Waals surface area contributed by atoms with Crippen LogP contribution in [0.25, 0.3) is 22.4 Å². The normalized spacial score (nSPS) is 10.7. The van der Waals surface area contributed by atoms with E-state index >= 15 is 0 Å². The van der Waals surface area contributed by atoms with Crippen molar-refractivity contribution < 1.29 is 4.92 Å². The van der Waals surface area contributed by atoms with E-state index in [0.29, 0.717) is 16.9 Å². The van der Waals surface area contributed by atoms with Gasteiger partial charge in [0.1, 0.15) is 5.52 Å². The van der Waals surface area contributed by atoms with Crippen LogP contribution in [0.5, 0.6) is 0 Å². The van der Waals surface area contributed by atoms with Gasteiger partial charge < -0.3 is 0 Å². The highest BCUT2D eigenvalue weighted by Crippen LogP contribution is 2.22. The zero-order valence-corrected chi connectivity index (χ0v) is 11.6. The number of nitrogens with zero attached hydrogens (tertiary/aromatic N) is 4. The first-order valence-corrected chi connectivity index (χ1v) is 6.46. The summed E-state index contributed by atoms with van der Waals surface area (Å²) in [5.41, 5.74) is 2.65. The molecule has 1 aromatic carbocycles. The van der Waals surface area contributed by atoms with Gasteiger partial charge in [-0.25, -0.2) is 9.97 Å². The molecule has 6 nitrogen and oxygen atoms in total. The zero-order chi connectivity index (χ0) is 14.1. The van der Waals surface area contributed by atoms with Crippen LogP contribution in [-0.2, 0) is 0 Å². The number of halogens is 1. The number of nitro benzene ring substituents is 1. The average molecular weight is 331 g/mol. The van der Waals surface area contributed by atoms with Crippen molar-refractivity contribution in [2.45, 2.75) is 0 Å². The van der Waals surface area contributed by atoms with Gasteiger partial charge in [0, 0.05) is 28.4 Å². The molecule has 0 unspecified atom stereocenters. The van der Waals surface area contributed by atoms with Gasteiger partial charge in [-0.2, -0.15) is 0 Å². The summed E-state index contributed by atoms with van der Waals surface area (Å²) < 4.78 is 0.836. The Morgan fingerprint density at radius 2 is 1.85 bits per heavy atom. The van der Waals surface area contributed by atoms with E-state index in [1.165, 1.54) is 12.1 Å². The number of fused-ring (bicyclic) bond motifs is 1. The molecule has 0 radical (unpaired) electrons. The molecule has 20 heavy (non-hydrogen) atoms. The van der Waals surface area contributed by atoms with Crippen molar-refractivity contribution >= 4 is 32.8 Å². The molecule has 98 valence electrons. The van der Waals surface area contributed by atoms with Crippen molar-refractivity contribution in [1.29, 1.82) is 0 Å². The second kappa shape index (κ2) is 4.93. The minimum Gasteiger partial charge on any atom is -0.258 e. The van der Waals surface area contributed by atoms with Gasteiger partial charge in [-0.3, -0.25) is 15.1 Å². The van der Waals surface area contributed by atoms with Crippen molar-refractivity contribution in [3.8, 4) is 11.3 Å². The summed E-state index contributed by atoms with van der Waals surface area (Å²) in [4.78, 5) is 23.1. The van der Waals surface area contributed by atoms with Gasteiger partial charge in [0.25, 0.3) is 5.69 Å². The minimum atomic E-state index is -0.436. The average Bonchev–Trinajstić information content (AvgIpc) is 2.47. The molecule has 2 heterocycles. The third-order valence-corrected chi connectivity index (χ3v) is 3.17. The van der Waals surface area contributed by atoms with Crippen LogP contribution in [0.15, 0.2) is 47.2 Å². The predicted octanol–water partition coefficient (Wildman–Crippen LogP) is 3.36. The largest absolute Gasteiger partial charge is 0.269 e. The summed E-state index contributed by atoms with van der Waals surface area (Å²) in [6.45, 7) is 0. The topological polar surface area (TPSA) is 81.8 Å². The summed E-state index contributed by atoms with van der Waals surface area (Å²) in [6.07, 6.45) is 3.27. The van der Waals surface area contributed by atoms with Crippen molar-refractivity contribution in [3.63, 3.8) is 0 Å². The number of nitro groups is 1. The van der Waals surface area contributed by atoms with Crippen LogP contribution >= 0.6 is 15.9 Å². The third kappa shape index (κ3) is 2.35. The van der Waals surface area contributed by atoms with E-state index in [1.54, 1.807) is 24.5 Å². The summed E-state index contributed by atoms with van der Waals surface area (Å²) in [6, 6.07) is 8.00. The molecule has 0 amide bonds. The van der Waals surface area contributed by atoms with Crippen molar-refractivity contribution in [3.05, 3.63) is 57.3 Å². The van der Waals surface area contributed by atoms with Crippen LogP contribution in [0.1, 0.15) is 0 Å². The van der Waals surface area contributed by atoms with Crippen molar-refractivity contribution in [2.24, 2.45) is 0 Å². The Kier molecular flexibility index (Phi) is 3.11. The van der Waals surface area contributed by atoms with Crippen LogP contribution < -0.4 is 0 Å². The molecule has 0 N–H and O–H groups in total. The number of pyridine rings is 1. The van der Waals surface area contributed by atoms with Crippen LogP contribution in [0.3, 0.4) is 0 Å². The lowest BCUT2D eigenvalue weighted by molar-refractivity contribution is -0.384. The Hall–Kier alpha value is -2.41. The van der Waals surface area contributed by atoms with E-state index in [-0.39, 0.29) is 5.69 Å². The van der Waals surface area contributed by atoms with Crippen LogP contribution in [0.2, 0.25) is 0 Å². The van der Waals surface area contributed by atoms with E-state index < -0.39 is 4.92 Å². The Morgan fingerprint density at radius 3 is 2.55 bits per heavy atom. The molecule has 0 saturated heterocycles. The van der Waals surface area contributed by atoms with Crippen LogP contribution in [0.4, 0.5) is 5.69 Å². The minimum absolute atomic E-state index is 0.0459. The maximum Gasteiger partial charge on any atom is 0.269 e. The number of aromatic nitrogens is 3. The maximum absolute atomic E-state index is 10.6. The van der Waals surface area contributed by atoms with E-state index in [1.807, 2.05) is 6.07 Å². The fourth-order valence-electron chi connectivity index (χ4n) is 1.77. The summed E-state index contributed by atoms with van der Waals surface area (Å²) >= 11 is 3.32. The summed E-state index contributed by atoms with van der Waals surface area (Å²) in [5, 5.41) is 10.6. The van der Waals surface area contributed by atoms with E-state index in [0.717, 1.165) is 10.0 Å². The Morgan fingerprint density at radius 1 is 1.10 bits per heavy atom. The predicted molar refractivity (Wildman–Crippen MR) is 77.1 cm³/mol. The summed E-state index contributed by atoms with van der Waals surface area (Å²) in [7, 11) is 0. The molecule has 0 fully saturated rings. The smallest absolute Gasteiger partial charge is 0.258 e. The number of non-ortho nitro benzene ring substituents is 1. The number of hydrogen-bond donors (Lipinski definition) is 0. The molecule has 0 atom stereocenters. The Balaban J connectivity index is 2.05. The molecule has 0 bridgehead atoms. The standard InChI is InChI=1S/C13H7BrN4O2/c14-9-5-11-13(16-6-9)17-12(7-15-11)8-1-3-10(4-2-8)18(19)20/h1-7H. The molecule has 3 rings (SSSR count). The molecule has 3 aromatic rings. The fraction of sp³-hybridized carbons (Fsp3) is 0. The first-order valence-electron chi connectivity index (χ1n) is 5.66. The number of rotatable bonds is 2. The van der Waals surface area contributed by atoms with Gasteiger partial charge in [0.15, 0.2) is 5.65 Å². The Labute approximate surface area is 121 Å². The lowest BCUT2D eigenvalue weighted by atomic mass is 10.1. The third-order valence-electron chi connectivity index (χ3n) is 2.74. The molecule has 0 saturated carbocycles. The van der Waals surface area contributed by atoms with E-state index in [9.17, 15) is 10.1 Å². The first kappa shape index (κ1) is 12.6. The van der Waals surface area contributed by atoms with Gasteiger partial charge in [-0.1, -0.05) is 0 Å². The van der Waals surface area contributed by atoms with Crippen LogP contribution in [0, 0.1) is 10.1 Å². The molecule has 0 aliphatic rings. The molecule has 7 heteroatoms. The van der Waals surface area contributed by atoms with Gasteiger partial charge in [-0.05, 0) is 34.1 Å². The number of hydrogen-bond acceptors (Lipinski definition) is 5. The molecule has 2 aromatic heterocycles. The molecule has 0 aliphatic carbocycles. The fourth-order valence-corrected chi connectivity index (χ4v) is 2.09. The highest BCUT2D eigenvalue weighted by Gasteiger charge is 2.07. The van der Waals surface area contributed by atoms with E-state index in [2.05, 4.69) is 30.9 Å². The zero-order valence-electron chi connectivity index (χ0n) is 10.0. The maximum atomic E-state index is 10.6. The first-order chi connectivity index (χ1) is 9.63. The van der Waals surface area contributed by atoms with Gasteiger partial charge in [-0.15, -0.1) is 0 Å². The molecular formula is C13H7BrN4O2. The van der Waals surface area contributed by atoms with Gasteiger partial charge >= 0.3 is 0 Å². The summed E-state index contributed by atoms with van der Waals surface area (Å²) in [5.74, 6) is 0. The SMILES string of the molecule is O=[N+]([O-])c1ccc(-c2cnc3cc(Br)cnc3n2)cc1. The lowest BCUT2D eigenvalue weighted by Crippen LogP contribution is -1.92.